The fourth-order valence-corrected chi connectivity index (χ4v) is 3.11. The summed E-state index contributed by atoms with van der Waals surface area (Å²) in [7, 11) is 2.14. The topological polar surface area (TPSA) is 38.1 Å². The van der Waals surface area contributed by atoms with Gasteiger partial charge in [0.05, 0.1) is 11.7 Å². The molecule has 0 spiro atoms. The Morgan fingerprint density at radius 2 is 2.24 bits per heavy atom. The molecule has 1 fully saturated rings. The normalized spacial score (nSPS) is 20.0. The molecule has 1 aliphatic heterocycles. The van der Waals surface area contributed by atoms with Crippen molar-refractivity contribution in [2.75, 3.05) is 13.6 Å². The number of hydrogen-bond acceptors (Lipinski definition) is 3. The highest BCUT2D eigenvalue weighted by atomic mass is 19.1. The smallest absolute Gasteiger partial charge is 0.261 e. The molecule has 0 aliphatic carbocycles. The third-order valence-corrected chi connectivity index (χ3v) is 4.43. The lowest BCUT2D eigenvalue weighted by Gasteiger charge is -2.32. The maximum Gasteiger partial charge on any atom is 0.261 e. The Labute approximate surface area is 123 Å². The second-order valence-electron chi connectivity index (χ2n) is 5.80. The number of hydrogen-bond donors (Lipinski definition) is 0. The minimum atomic E-state index is -0.441. The van der Waals surface area contributed by atoms with Gasteiger partial charge in [-0.05, 0) is 45.0 Å². The van der Waals surface area contributed by atoms with E-state index >= 15 is 0 Å². The van der Waals surface area contributed by atoms with Crippen molar-refractivity contribution in [3.8, 4) is 0 Å². The van der Waals surface area contributed by atoms with Crippen molar-refractivity contribution in [3.63, 3.8) is 0 Å². The summed E-state index contributed by atoms with van der Waals surface area (Å²) in [6, 6.07) is 5.04. The van der Waals surface area contributed by atoms with Gasteiger partial charge in [-0.2, -0.15) is 0 Å². The average molecular weight is 289 g/mol. The van der Waals surface area contributed by atoms with Gasteiger partial charge in [0.25, 0.3) is 5.56 Å². The SMILES string of the molecule is CN1CCCC[C@@H]1CCn1cnc2c(F)cccc2c1=O. The summed E-state index contributed by atoms with van der Waals surface area (Å²) < 4.78 is 15.2. The zero-order chi connectivity index (χ0) is 14.8. The van der Waals surface area contributed by atoms with Gasteiger partial charge in [-0.1, -0.05) is 12.5 Å². The van der Waals surface area contributed by atoms with Gasteiger partial charge >= 0.3 is 0 Å². The number of fused-ring (bicyclic) bond motifs is 1. The fraction of sp³-hybridized carbons (Fsp3) is 0.500. The first-order chi connectivity index (χ1) is 10.2. The Balaban J connectivity index is 1.81. The maximum absolute atomic E-state index is 13.6. The summed E-state index contributed by atoms with van der Waals surface area (Å²) in [5.41, 5.74) is 0.00602. The van der Waals surface area contributed by atoms with E-state index in [4.69, 9.17) is 0 Å². The summed E-state index contributed by atoms with van der Waals surface area (Å²) in [4.78, 5) is 18.8. The van der Waals surface area contributed by atoms with Crippen LogP contribution in [0.15, 0.2) is 29.3 Å². The van der Waals surface area contributed by atoms with Gasteiger partial charge in [0.1, 0.15) is 11.3 Å². The van der Waals surface area contributed by atoms with E-state index < -0.39 is 5.82 Å². The first-order valence-corrected chi connectivity index (χ1v) is 7.51. The predicted octanol–water partition coefficient (Wildman–Crippen LogP) is 2.41. The molecule has 1 atom stereocenters. The highest BCUT2D eigenvalue weighted by molar-refractivity contribution is 5.77. The van der Waals surface area contributed by atoms with E-state index in [0.29, 0.717) is 18.0 Å². The number of piperidine rings is 1. The van der Waals surface area contributed by atoms with Crippen LogP contribution < -0.4 is 5.56 Å². The molecular weight excluding hydrogens is 269 g/mol. The molecule has 1 aliphatic rings. The Hall–Kier alpha value is -1.75. The number of rotatable bonds is 3. The molecule has 4 nitrogen and oxygen atoms in total. The fourth-order valence-electron chi connectivity index (χ4n) is 3.11. The van der Waals surface area contributed by atoms with Crippen molar-refractivity contribution < 1.29 is 4.39 Å². The van der Waals surface area contributed by atoms with Gasteiger partial charge in [0.15, 0.2) is 0 Å². The van der Waals surface area contributed by atoms with Crippen molar-refractivity contribution in [2.45, 2.75) is 38.3 Å². The van der Waals surface area contributed by atoms with Gasteiger partial charge in [-0.3, -0.25) is 9.36 Å². The second kappa shape index (κ2) is 5.93. The molecule has 0 radical (unpaired) electrons. The molecular formula is C16H20FN3O. The first-order valence-electron chi connectivity index (χ1n) is 7.51. The minimum absolute atomic E-state index is 0.155. The van der Waals surface area contributed by atoms with Crippen molar-refractivity contribution >= 4 is 10.9 Å². The molecule has 112 valence electrons. The Morgan fingerprint density at radius 1 is 1.38 bits per heavy atom. The van der Waals surface area contributed by atoms with Crippen molar-refractivity contribution in [3.05, 3.63) is 40.7 Å². The predicted molar refractivity (Wildman–Crippen MR) is 80.8 cm³/mol. The van der Waals surface area contributed by atoms with E-state index in [9.17, 15) is 9.18 Å². The van der Waals surface area contributed by atoms with E-state index in [2.05, 4.69) is 16.9 Å². The number of aryl methyl sites for hydroxylation is 1. The van der Waals surface area contributed by atoms with E-state index in [0.717, 1.165) is 13.0 Å². The quantitative estimate of drug-likeness (QED) is 0.871. The Kier molecular flexibility index (Phi) is 4.01. The number of nitrogens with zero attached hydrogens (tertiary/aromatic N) is 3. The van der Waals surface area contributed by atoms with Crippen LogP contribution in [0.2, 0.25) is 0 Å². The second-order valence-corrected chi connectivity index (χ2v) is 5.80. The summed E-state index contributed by atoms with van der Waals surface area (Å²) >= 11 is 0. The molecule has 0 N–H and O–H groups in total. The number of para-hydroxylation sites is 1. The molecule has 1 aromatic carbocycles. The van der Waals surface area contributed by atoms with Crippen molar-refractivity contribution in [1.29, 1.82) is 0 Å². The number of benzene rings is 1. The van der Waals surface area contributed by atoms with Crippen molar-refractivity contribution in [1.82, 2.24) is 14.5 Å². The van der Waals surface area contributed by atoms with Crippen LogP contribution >= 0.6 is 0 Å². The summed E-state index contributed by atoms with van der Waals surface area (Å²) in [6.07, 6.45) is 6.09. The van der Waals surface area contributed by atoms with E-state index in [1.807, 2.05) is 0 Å². The van der Waals surface area contributed by atoms with E-state index in [-0.39, 0.29) is 11.1 Å². The van der Waals surface area contributed by atoms with Crippen molar-refractivity contribution in [2.24, 2.45) is 0 Å². The molecule has 3 rings (SSSR count). The van der Waals surface area contributed by atoms with Crippen LogP contribution in [0.4, 0.5) is 4.39 Å². The average Bonchev–Trinajstić information content (AvgIpc) is 2.49. The standard InChI is InChI=1S/C16H20FN3O/c1-19-9-3-2-5-12(19)8-10-20-11-18-15-13(16(20)21)6-4-7-14(15)17/h4,6-7,11-12H,2-3,5,8-10H2,1H3/t12-/m1/s1. The lowest BCUT2D eigenvalue weighted by atomic mass is 10.0. The highest BCUT2D eigenvalue weighted by Crippen LogP contribution is 2.18. The molecule has 1 saturated heterocycles. The molecule has 0 unspecified atom stereocenters. The summed E-state index contributed by atoms with van der Waals surface area (Å²) in [5, 5.41) is 0.356. The molecule has 2 heterocycles. The maximum atomic E-state index is 13.6. The van der Waals surface area contributed by atoms with Crippen LogP contribution in [-0.2, 0) is 6.54 Å². The summed E-state index contributed by atoms with van der Waals surface area (Å²) in [6.45, 7) is 1.76. The lowest BCUT2D eigenvalue weighted by Crippen LogP contribution is -2.37. The van der Waals surface area contributed by atoms with Gasteiger partial charge in [0.2, 0.25) is 0 Å². The van der Waals surface area contributed by atoms with E-state index in [1.165, 1.54) is 31.7 Å². The largest absolute Gasteiger partial charge is 0.303 e. The zero-order valence-electron chi connectivity index (χ0n) is 12.3. The van der Waals surface area contributed by atoms with Gasteiger partial charge < -0.3 is 4.90 Å². The monoisotopic (exact) mass is 289 g/mol. The molecule has 1 aromatic heterocycles. The third-order valence-electron chi connectivity index (χ3n) is 4.43. The first kappa shape index (κ1) is 14.2. The molecule has 2 aromatic rings. The Morgan fingerprint density at radius 3 is 3.05 bits per heavy atom. The lowest BCUT2D eigenvalue weighted by molar-refractivity contribution is 0.170. The van der Waals surface area contributed by atoms with Crippen LogP contribution in [-0.4, -0.2) is 34.1 Å². The zero-order valence-corrected chi connectivity index (χ0v) is 12.3. The number of likely N-dealkylation sites (tertiary alicyclic amines) is 1. The molecule has 0 saturated carbocycles. The van der Waals surface area contributed by atoms with Gasteiger partial charge in [-0.15, -0.1) is 0 Å². The third kappa shape index (κ3) is 2.83. The molecule has 0 bridgehead atoms. The van der Waals surface area contributed by atoms with Gasteiger partial charge in [0, 0.05) is 12.6 Å². The van der Waals surface area contributed by atoms with Gasteiger partial charge in [-0.25, -0.2) is 9.37 Å². The van der Waals surface area contributed by atoms with Crippen LogP contribution in [0.3, 0.4) is 0 Å². The molecule has 0 amide bonds. The highest BCUT2D eigenvalue weighted by Gasteiger charge is 2.18. The van der Waals surface area contributed by atoms with E-state index in [1.54, 1.807) is 16.7 Å². The molecule has 21 heavy (non-hydrogen) atoms. The van der Waals surface area contributed by atoms with Crippen LogP contribution in [0.5, 0.6) is 0 Å². The Bertz CT molecular complexity index is 697. The van der Waals surface area contributed by atoms with Crippen LogP contribution in [0, 0.1) is 5.82 Å². The van der Waals surface area contributed by atoms with Crippen LogP contribution in [0.25, 0.3) is 10.9 Å². The number of aromatic nitrogens is 2. The minimum Gasteiger partial charge on any atom is -0.303 e. The van der Waals surface area contributed by atoms with Crippen LogP contribution in [0.1, 0.15) is 25.7 Å². The molecule has 5 heteroatoms. The summed E-state index contributed by atoms with van der Waals surface area (Å²) in [5.74, 6) is -0.441. The number of halogens is 1.